The van der Waals surface area contributed by atoms with Crippen molar-refractivity contribution in [3.8, 4) is 0 Å². The summed E-state index contributed by atoms with van der Waals surface area (Å²) in [6, 6.07) is 7.69. The second kappa shape index (κ2) is 8.61. The fourth-order valence-corrected chi connectivity index (χ4v) is 2.20. The molecule has 0 aliphatic heterocycles. The van der Waals surface area contributed by atoms with Gasteiger partial charge in [-0.25, -0.2) is 9.37 Å². The van der Waals surface area contributed by atoms with Crippen LogP contribution in [0.15, 0.2) is 36.5 Å². The summed E-state index contributed by atoms with van der Waals surface area (Å²) in [5.74, 6) is -0.0871. The van der Waals surface area contributed by atoms with Gasteiger partial charge >= 0.3 is 0 Å². The van der Waals surface area contributed by atoms with E-state index < -0.39 is 5.82 Å². The number of aromatic nitrogens is 1. The van der Waals surface area contributed by atoms with Crippen molar-refractivity contribution in [2.45, 2.75) is 6.42 Å². The normalized spacial score (nSPS) is 10.7. The second-order valence-corrected chi connectivity index (χ2v) is 6.01. The minimum atomic E-state index is -0.475. The molecule has 0 fully saturated rings. The quantitative estimate of drug-likeness (QED) is 0.752. The van der Waals surface area contributed by atoms with E-state index in [-0.39, 0.29) is 10.9 Å². The highest BCUT2D eigenvalue weighted by Gasteiger charge is 2.06. The molecule has 5 nitrogen and oxygen atoms in total. The van der Waals surface area contributed by atoms with Gasteiger partial charge in [-0.3, -0.25) is 4.79 Å². The smallest absolute Gasteiger partial charge is 0.252 e. The number of nitrogens with one attached hydrogen (secondary N) is 2. The molecule has 1 aromatic carbocycles. The summed E-state index contributed by atoms with van der Waals surface area (Å²) in [6.45, 7) is 1.53. The number of rotatable bonds is 7. The van der Waals surface area contributed by atoms with Gasteiger partial charge in [0.25, 0.3) is 5.91 Å². The number of carbonyl (C=O) groups excluding carboxylic acids is 1. The first-order valence-corrected chi connectivity index (χ1v) is 7.94. The van der Waals surface area contributed by atoms with Crippen molar-refractivity contribution in [2.75, 3.05) is 32.5 Å². The number of hydrogen-bond acceptors (Lipinski definition) is 4. The van der Waals surface area contributed by atoms with Gasteiger partial charge in [-0.15, -0.1) is 0 Å². The Morgan fingerprint density at radius 2 is 2.08 bits per heavy atom. The van der Waals surface area contributed by atoms with Gasteiger partial charge in [0.2, 0.25) is 0 Å². The van der Waals surface area contributed by atoms with Crippen molar-refractivity contribution in [1.29, 1.82) is 0 Å². The van der Waals surface area contributed by atoms with Crippen LogP contribution in [0, 0.1) is 5.82 Å². The fraction of sp³-hybridized carbons (Fsp3) is 0.294. The monoisotopic (exact) mass is 350 g/mol. The van der Waals surface area contributed by atoms with E-state index in [0.717, 1.165) is 13.0 Å². The first-order chi connectivity index (χ1) is 11.5. The number of anilines is 2. The number of amides is 1. The van der Waals surface area contributed by atoms with E-state index >= 15 is 0 Å². The maximum Gasteiger partial charge on any atom is 0.252 e. The Labute approximate surface area is 145 Å². The van der Waals surface area contributed by atoms with Crippen LogP contribution in [0.5, 0.6) is 0 Å². The van der Waals surface area contributed by atoms with Crippen molar-refractivity contribution >= 4 is 29.0 Å². The topological polar surface area (TPSA) is 57.3 Å². The fourth-order valence-electron chi connectivity index (χ4n) is 2.02. The lowest BCUT2D eigenvalue weighted by Crippen LogP contribution is -2.27. The lowest BCUT2D eigenvalue weighted by molar-refractivity contribution is 0.0952. The molecule has 24 heavy (non-hydrogen) atoms. The molecule has 0 saturated carbocycles. The maximum atomic E-state index is 13.1. The molecule has 1 aromatic heterocycles. The third-order valence-electron chi connectivity index (χ3n) is 3.29. The Balaban J connectivity index is 1.90. The molecule has 0 saturated heterocycles. The summed E-state index contributed by atoms with van der Waals surface area (Å²) in [5.41, 5.74) is 1.11. The Hall–Kier alpha value is -2.18. The molecule has 0 aliphatic carbocycles. The van der Waals surface area contributed by atoms with E-state index in [9.17, 15) is 9.18 Å². The van der Waals surface area contributed by atoms with Crippen LogP contribution in [0.4, 0.5) is 15.9 Å². The predicted octanol–water partition coefficient (Wildman–Crippen LogP) is 3.30. The highest BCUT2D eigenvalue weighted by atomic mass is 35.5. The van der Waals surface area contributed by atoms with Gasteiger partial charge in [-0.05, 0) is 57.4 Å². The van der Waals surface area contributed by atoms with Crippen LogP contribution in [-0.2, 0) is 0 Å². The molecular weight excluding hydrogens is 331 g/mol. The van der Waals surface area contributed by atoms with Crippen LogP contribution in [0.2, 0.25) is 5.02 Å². The standard InChI is InChI=1S/C17H20ClFN4O/c1-23(2)9-3-8-20-17(24)12-4-7-16(21-11-12)22-13-5-6-15(19)14(18)10-13/h4-7,10-11H,3,8-9H2,1-2H3,(H,20,24)(H,21,22). The third-order valence-corrected chi connectivity index (χ3v) is 3.57. The molecule has 2 aromatic rings. The number of benzene rings is 1. The molecule has 0 spiro atoms. The molecule has 0 aliphatic rings. The average molecular weight is 351 g/mol. The average Bonchev–Trinajstić information content (AvgIpc) is 2.55. The number of carbonyl (C=O) groups is 1. The zero-order valence-corrected chi connectivity index (χ0v) is 14.4. The highest BCUT2D eigenvalue weighted by molar-refractivity contribution is 6.31. The summed E-state index contributed by atoms with van der Waals surface area (Å²) in [5, 5.41) is 5.89. The van der Waals surface area contributed by atoms with Gasteiger partial charge in [0.1, 0.15) is 11.6 Å². The molecule has 128 valence electrons. The Morgan fingerprint density at radius 3 is 2.71 bits per heavy atom. The molecule has 0 bridgehead atoms. The number of nitrogens with zero attached hydrogens (tertiary/aromatic N) is 2. The van der Waals surface area contributed by atoms with Crippen LogP contribution >= 0.6 is 11.6 Å². The van der Waals surface area contributed by atoms with E-state index in [1.165, 1.54) is 18.3 Å². The molecule has 0 atom stereocenters. The van der Waals surface area contributed by atoms with Gasteiger partial charge in [0.05, 0.1) is 10.6 Å². The van der Waals surface area contributed by atoms with E-state index in [0.29, 0.717) is 23.6 Å². The molecule has 7 heteroatoms. The Morgan fingerprint density at radius 1 is 1.29 bits per heavy atom. The summed E-state index contributed by atoms with van der Waals surface area (Å²) >= 11 is 5.74. The number of pyridine rings is 1. The van der Waals surface area contributed by atoms with Gasteiger partial charge in [-0.2, -0.15) is 0 Å². The molecule has 2 rings (SSSR count). The lowest BCUT2D eigenvalue weighted by Gasteiger charge is -2.10. The van der Waals surface area contributed by atoms with Crippen molar-refractivity contribution in [1.82, 2.24) is 15.2 Å². The molecule has 2 N–H and O–H groups in total. The van der Waals surface area contributed by atoms with Crippen molar-refractivity contribution in [2.24, 2.45) is 0 Å². The Kier molecular flexibility index (Phi) is 6.52. The lowest BCUT2D eigenvalue weighted by atomic mass is 10.2. The molecule has 1 amide bonds. The molecule has 0 unspecified atom stereocenters. The molecular formula is C17H20ClFN4O. The first kappa shape index (κ1) is 18.2. The van der Waals surface area contributed by atoms with Crippen molar-refractivity contribution < 1.29 is 9.18 Å². The van der Waals surface area contributed by atoms with E-state index in [2.05, 4.69) is 20.5 Å². The Bertz CT molecular complexity index is 691. The number of halogens is 2. The summed E-state index contributed by atoms with van der Waals surface area (Å²) < 4.78 is 13.1. The minimum absolute atomic E-state index is 0.0359. The van der Waals surface area contributed by atoms with E-state index in [1.807, 2.05) is 14.1 Å². The van der Waals surface area contributed by atoms with E-state index in [4.69, 9.17) is 11.6 Å². The van der Waals surface area contributed by atoms with E-state index in [1.54, 1.807) is 18.2 Å². The minimum Gasteiger partial charge on any atom is -0.352 e. The highest BCUT2D eigenvalue weighted by Crippen LogP contribution is 2.21. The number of hydrogen-bond donors (Lipinski definition) is 2. The summed E-state index contributed by atoms with van der Waals surface area (Å²) in [6.07, 6.45) is 2.38. The maximum absolute atomic E-state index is 13.1. The summed E-state index contributed by atoms with van der Waals surface area (Å²) in [7, 11) is 3.98. The largest absolute Gasteiger partial charge is 0.352 e. The van der Waals surface area contributed by atoms with Gasteiger partial charge < -0.3 is 15.5 Å². The summed E-state index contributed by atoms with van der Waals surface area (Å²) in [4.78, 5) is 18.2. The van der Waals surface area contributed by atoms with Crippen LogP contribution in [0.25, 0.3) is 0 Å². The zero-order valence-electron chi connectivity index (χ0n) is 13.6. The van der Waals surface area contributed by atoms with Crippen LogP contribution in [0.1, 0.15) is 16.8 Å². The predicted molar refractivity (Wildman–Crippen MR) is 94.4 cm³/mol. The SMILES string of the molecule is CN(C)CCCNC(=O)c1ccc(Nc2ccc(F)c(Cl)c2)nc1. The zero-order chi connectivity index (χ0) is 17.5. The third kappa shape index (κ3) is 5.47. The van der Waals surface area contributed by atoms with Crippen LogP contribution in [-0.4, -0.2) is 43.0 Å². The second-order valence-electron chi connectivity index (χ2n) is 5.60. The molecule has 1 heterocycles. The van der Waals surface area contributed by atoms with Crippen molar-refractivity contribution in [3.05, 3.63) is 52.9 Å². The van der Waals surface area contributed by atoms with Gasteiger partial charge in [0.15, 0.2) is 0 Å². The van der Waals surface area contributed by atoms with Gasteiger partial charge in [0, 0.05) is 18.4 Å². The molecule has 0 radical (unpaired) electrons. The van der Waals surface area contributed by atoms with Crippen LogP contribution < -0.4 is 10.6 Å². The van der Waals surface area contributed by atoms with Crippen LogP contribution in [0.3, 0.4) is 0 Å². The first-order valence-electron chi connectivity index (χ1n) is 7.57. The van der Waals surface area contributed by atoms with Gasteiger partial charge in [-0.1, -0.05) is 11.6 Å². The van der Waals surface area contributed by atoms with Crippen molar-refractivity contribution in [3.63, 3.8) is 0 Å².